The van der Waals surface area contributed by atoms with Crippen molar-refractivity contribution in [1.29, 1.82) is 0 Å². The van der Waals surface area contributed by atoms with Crippen LogP contribution < -0.4 is 4.74 Å². The third kappa shape index (κ3) is 6.17. The van der Waals surface area contributed by atoms with Crippen molar-refractivity contribution in [2.24, 2.45) is 0 Å². The Kier molecular flexibility index (Phi) is 8.12. The van der Waals surface area contributed by atoms with Gasteiger partial charge in [0, 0.05) is 31.2 Å². The van der Waals surface area contributed by atoms with Gasteiger partial charge in [-0.15, -0.1) is 0 Å². The predicted molar refractivity (Wildman–Crippen MR) is 132 cm³/mol. The van der Waals surface area contributed by atoms with Crippen LogP contribution in [0.4, 0.5) is 0 Å². The number of pyridine rings is 1. The molecule has 1 atom stereocenters. The number of fused-ring (bicyclic) bond motifs is 1. The van der Waals surface area contributed by atoms with Gasteiger partial charge >= 0.3 is 5.97 Å². The van der Waals surface area contributed by atoms with E-state index in [-0.39, 0.29) is 56.7 Å². The number of carbonyl (C=O) groups is 3. The van der Waals surface area contributed by atoms with Gasteiger partial charge in [0.2, 0.25) is 5.91 Å². The molecule has 0 aliphatic carbocycles. The summed E-state index contributed by atoms with van der Waals surface area (Å²) >= 11 is 0. The average Bonchev–Trinajstić information content (AvgIpc) is 3.08. The number of carbonyl (C=O) groups excluding carboxylic acids is 3. The first-order valence-electron chi connectivity index (χ1n) is 11.7. The van der Waals surface area contributed by atoms with E-state index < -0.39 is 12.1 Å². The smallest absolute Gasteiger partial charge is 0.307 e. The monoisotopic (exact) mass is 491 g/mol. The van der Waals surface area contributed by atoms with Crippen LogP contribution in [0.3, 0.4) is 0 Å². The third-order valence-corrected chi connectivity index (χ3v) is 6.10. The Morgan fingerprint density at radius 2 is 1.83 bits per heavy atom. The summed E-state index contributed by atoms with van der Waals surface area (Å²) in [4.78, 5) is 45.5. The molecule has 0 spiro atoms. The number of benzene rings is 2. The Balaban J connectivity index is 1.53. The second kappa shape index (κ2) is 11.6. The molecule has 2 aromatic carbocycles. The fraction of sp³-hybridized carbons (Fsp3) is 0.333. The van der Waals surface area contributed by atoms with Crippen LogP contribution in [0.1, 0.15) is 22.5 Å². The van der Waals surface area contributed by atoms with Crippen molar-refractivity contribution in [3.8, 4) is 5.75 Å². The summed E-state index contributed by atoms with van der Waals surface area (Å²) < 4.78 is 16.2. The molecule has 9 nitrogen and oxygen atoms in total. The van der Waals surface area contributed by atoms with Crippen molar-refractivity contribution < 1.29 is 28.6 Å². The number of hydrogen-bond acceptors (Lipinski definition) is 7. The van der Waals surface area contributed by atoms with Gasteiger partial charge in [-0.25, -0.2) is 0 Å². The van der Waals surface area contributed by atoms with E-state index in [4.69, 9.17) is 14.2 Å². The Labute approximate surface area is 209 Å². The zero-order valence-corrected chi connectivity index (χ0v) is 20.4. The molecule has 1 aromatic heterocycles. The molecule has 1 fully saturated rings. The van der Waals surface area contributed by atoms with Crippen LogP contribution in [0.25, 0.3) is 10.8 Å². The molecule has 3 aromatic rings. The van der Waals surface area contributed by atoms with E-state index in [1.165, 1.54) is 12.0 Å². The van der Waals surface area contributed by atoms with Gasteiger partial charge in [-0.1, -0.05) is 36.4 Å². The highest BCUT2D eigenvalue weighted by Gasteiger charge is 2.32. The second-order valence-electron chi connectivity index (χ2n) is 8.55. The maximum absolute atomic E-state index is 13.4. The number of aromatic nitrogens is 1. The Morgan fingerprint density at radius 3 is 2.61 bits per heavy atom. The first kappa shape index (κ1) is 25.1. The van der Waals surface area contributed by atoms with E-state index in [1.807, 2.05) is 48.5 Å². The van der Waals surface area contributed by atoms with Crippen LogP contribution in [0, 0.1) is 0 Å². The summed E-state index contributed by atoms with van der Waals surface area (Å²) in [6.07, 6.45) is 1.25. The van der Waals surface area contributed by atoms with Crippen molar-refractivity contribution in [1.82, 2.24) is 14.8 Å². The minimum absolute atomic E-state index is 0.0605. The quantitative estimate of drug-likeness (QED) is 0.447. The molecule has 0 N–H and O–H groups in total. The number of hydrogen-bond donors (Lipinski definition) is 0. The minimum Gasteiger partial charge on any atom is -0.497 e. The molecule has 4 rings (SSSR count). The summed E-state index contributed by atoms with van der Waals surface area (Å²) in [6, 6.07) is 16.9. The first-order valence-corrected chi connectivity index (χ1v) is 11.7. The first-order chi connectivity index (χ1) is 17.5. The number of ether oxygens (including phenoxy) is 3. The van der Waals surface area contributed by atoms with Crippen LogP contribution >= 0.6 is 0 Å². The molecule has 9 heteroatoms. The van der Waals surface area contributed by atoms with Gasteiger partial charge in [0.25, 0.3) is 5.91 Å². The van der Waals surface area contributed by atoms with E-state index in [0.717, 1.165) is 16.3 Å². The van der Waals surface area contributed by atoms with Gasteiger partial charge in [0.15, 0.2) is 0 Å². The normalized spacial score (nSPS) is 16.1. The van der Waals surface area contributed by atoms with E-state index in [1.54, 1.807) is 24.3 Å². The second-order valence-corrected chi connectivity index (χ2v) is 8.55. The lowest BCUT2D eigenvalue weighted by Crippen LogP contribution is -2.40. The van der Waals surface area contributed by atoms with Crippen LogP contribution in [-0.2, 0) is 25.7 Å². The maximum atomic E-state index is 13.4. The van der Waals surface area contributed by atoms with E-state index >= 15 is 0 Å². The molecule has 1 aliphatic heterocycles. The Bertz CT molecular complexity index is 1250. The molecule has 0 saturated carbocycles. The Morgan fingerprint density at radius 1 is 1.03 bits per heavy atom. The highest BCUT2D eigenvalue weighted by atomic mass is 16.5. The lowest BCUT2D eigenvalue weighted by Gasteiger charge is -2.24. The van der Waals surface area contributed by atoms with Crippen molar-refractivity contribution in [3.63, 3.8) is 0 Å². The zero-order valence-electron chi connectivity index (χ0n) is 20.4. The summed E-state index contributed by atoms with van der Waals surface area (Å²) in [6.45, 7) is 0.776. The summed E-state index contributed by atoms with van der Waals surface area (Å²) in [7, 11) is 2.91. The predicted octanol–water partition coefficient (Wildman–Crippen LogP) is 2.68. The highest BCUT2D eigenvalue weighted by Crippen LogP contribution is 2.19. The van der Waals surface area contributed by atoms with Crippen molar-refractivity contribution in [2.45, 2.75) is 19.1 Å². The lowest BCUT2D eigenvalue weighted by atomic mass is 10.1. The number of rotatable bonds is 8. The molecule has 188 valence electrons. The number of nitrogens with zero attached hydrogens (tertiary/aromatic N) is 3. The van der Waals surface area contributed by atoms with Gasteiger partial charge in [0.1, 0.15) is 18.0 Å². The molecule has 2 heterocycles. The molecule has 0 radical (unpaired) electrons. The van der Waals surface area contributed by atoms with Crippen molar-refractivity contribution in [2.75, 3.05) is 40.4 Å². The van der Waals surface area contributed by atoms with E-state index in [9.17, 15) is 14.4 Å². The SMILES string of the molecule is COC(=O)CCN1CC(OCc2cccc(OC)c2)CN(C(=O)c2cc3ccccc3cn2)CC1=O. The fourth-order valence-electron chi connectivity index (χ4n) is 4.12. The molecule has 1 saturated heterocycles. The third-order valence-electron chi connectivity index (χ3n) is 6.10. The van der Waals surface area contributed by atoms with Gasteiger partial charge in [-0.2, -0.15) is 0 Å². The van der Waals surface area contributed by atoms with Gasteiger partial charge < -0.3 is 24.0 Å². The van der Waals surface area contributed by atoms with E-state index in [0.29, 0.717) is 5.75 Å². The molecule has 36 heavy (non-hydrogen) atoms. The molecule has 1 aliphatic rings. The van der Waals surface area contributed by atoms with Crippen LogP contribution in [0.2, 0.25) is 0 Å². The maximum Gasteiger partial charge on any atom is 0.307 e. The van der Waals surface area contributed by atoms with Crippen LogP contribution in [0.15, 0.2) is 60.8 Å². The van der Waals surface area contributed by atoms with Crippen LogP contribution in [0.5, 0.6) is 5.75 Å². The summed E-state index contributed by atoms with van der Waals surface area (Å²) in [5.41, 5.74) is 1.16. The van der Waals surface area contributed by atoms with E-state index in [2.05, 4.69) is 4.98 Å². The molecule has 0 bridgehead atoms. The average molecular weight is 492 g/mol. The van der Waals surface area contributed by atoms with Gasteiger partial charge in [0.05, 0.1) is 33.4 Å². The minimum atomic E-state index is -0.468. The van der Waals surface area contributed by atoms with Crippen molar-refractivity contribution >= 4 is 28.6 Å². The molecule has 1 unspecified atom stereocenters. The summed E-state index contributed by atoms with van der Waals surface area (Å²) in [5.74, 6) is -0.306. The largest absolute Gasteiger partial charge is 0.497 e. The van der Waals surface area contributed by atoms with Gasteiger partial charge in [-0.05, 0) is 29.1 Å². The number of esters is 1. The number of amides is 2. The molecular weight excluding hydrogens is 462 g/mol. The summed E-state index contributed by atoms with van der Waals surface area (Å²) in [5, 5.41) is 1.82. The Hall–Kier alpha value is -3.98. The topological polar surface area (TPSA) is 98.3 Å². The lowest BCUT2D eigenvalue weighted by molar-refractivity contribution is -0.142. The number of methoxy groups -OCH3 is 2. The fourth-order valence-corrected chi connectivity index (χ4v) is 4.12. The molecular formula is C27H29N3O6. The highest BCUT2D eigenvalue weighted by molar-refractivity contribution is 5.98. The standard InChI is InChI=1S/C27H29N3O6/c1-34-22-9-5-6-19(12-22)18-36-23-15-29(11-10-26(32)35-2)25(31)17-30(16-23)27(33)24-13-20-7-3-4-8-21(20)14-28-24/h3-9,12-14,23H,10-11,15-18H2,1-2H3. The molecule has 2 amide bonds. The zero-order chi connectivity index (χ0) is 25.5. The van der Waals surface area contributed by atoms with Crippen molar-refractivity contribution in [3.05, 3.63) is 72.1 Å². The van der Waals surface area contributed by atoms with Gasteiger partial charge in [-0.3, -0.25) is 19.4 Å². The van der Waals surface area contributed by atoms with Crippen LogP contribution in [-0.4, -0.2) is 79.1 Å².